The highest BCUT2D eigenvalue weighted by Crippen LogP contribution is 2.29. The molecule has 0 radical (unpaired) electrons. The molecule has 0 saturated heterocycles. The Labute approximate surface area is 86.7 Å². The van der Waals surface area contributed by atoms with Gasteiger partial charge in [-0.15, -0.1) is 0 Å². The molecule has 1 N–H and O–H groups in total. The zero-order chi connectivity index (χ0) is 10.4. The van der Waals surface area contributed by atoms with Crippen LogP contribution in [0, 0.1) is 0 Å². The van der Waals surface area contributed by atoms with Crippen LogP contribution in [0.1, 0.15) is 64.7 Å². The van der Waals surface area contributed by atoms with Crippen molar-refractivity contribution < 1.29 is 9.90 Å². The van der Waals surface area contributed by atoms with E-state index in [9.17, 15) is 9.90 Å². The average Bonchev–Trinajstić information content (AvgIpc) is 2.40. The Hall–Kier alpha value is -0.370. The molecule has 0 aliphatic heterocycles. The molecule has 0 aromatic carbocycles. The topological polar surface area (TPSA) is 37.3 Å². The molecule has 0 amide bonds. The molecule has 2 nitrogen and oxygen atoms in total. The predicted molar refractivity (Wildman–Crippen MR) is 57.2 cm³/mol. The molecule has 0 unspecified atom stereocenters. The highest BCUT2D eigenvalue weighted by Gasteiger charge is 2.34. The van der Waals surface area contributed by atoms with E-state index in [1.807, 2.05) is 0 Å². The Morgan fingerprint density at radius 3 is 2.29 bits per heavy atom. The Morgan fingerprint density at radius 2 is 1.79 bits per heavy atom. The molecule has 0 heterocycles. The molecule has 0 spiro atoms. The number of carbonyl (C=O) groups is 1. The van der Waals surface area contributed by atoms with E-state index in [1.54, 1.807) is 0 Å². The summed E-state index contributed by atoms with van der Waals surface area (Å²) in [5.41, 5.74) is -0.967. The van der Waals surface area contributed by atoms with Crippen LogP contribution in [-0.4, -0.2) is 16.5 Å². The fourth-order valence-corrected chi connectivity index (χ4v) is 2.16. The first-order valence-electron chi connectivity index (χ1n) is 5.95. The van der Waals surface area contributed by atoms with Crippen molar-refractivity contribution in [1.29, 1.82) is 0 Å². The lowest BCUT2D eigenvalue weighted by Gasteiger charge is -2.24. The lowest BCUT2D eigenvalue weighted by Crippen LogP contribution is -2.37. The zero-order valence-corrected chi connectivity index (χ0v) is 9.22. The molecule has 0 bridgehead atoms. The summed E-state index contributed by atoms with van der Waals surface area (Å²) < 4.78 is 0. The second kappa shape index (κ2) is 5.50. The first kappa shape index (κ1) is 11.7. The van der Waals surface area contributed by atoms with Crippen molar-refractivity contribution in [3.05, 3.63) is 0 Å². The van der Waals surface area contributed by atoms with Crippen molar-refractivity contribution in [3.8, 4) is 0 Å². The molecule has 1 aliphatic carbocycles. The largest absolute Gasteiger partial charge is 0.382 e. The summed E-state index contributed by atoms with van der Waals surface area (Å²) in [4.78, 5) is 11.8. The van der Waals surface area contributed by atoms with Crippen molar-refractivity contribution in [2.45, 2.75) is 70.3 Å². The van der Waals surface area contributed by atoms with Crippen LogP contribution in [0.25, 0.3) is 0 Å². The van der Waals surface area contributed by atoms with Gasteiger partial charge in [0.15, 0.2) is 5.78 Å². The molecule has 0 aromatic rings. The standard InChI is InChI=1S/C12H22O2/c1-2-3-8-11(13)12(14)9-6-4-5-7-10-12/h14H,2-10H2,1H3. The van der Waals surface area contributed by atoms with Crippen molar-refractivity contribution in [1.82, 2.24) is 0 Å². The maximum atomic E-state index is 11.8. The molecular weight excluding hydrogens is 176 g/mol. The minimum Gasteiger partial charge on any atom is -0.382 e. The number of ketones is 1. The molecule has 82 valence electrons. The highest BCUT2D eigenvalue weighted by atomic mass is 16.3. The summed E-state index contributed by atoms with van der Waals surface area (Å²) in [5, 5.41) is 10.2. The number of carbonyl (C=O) groups excluding carboxylic acids is 1. The Morgan fingerprint density at radius 1 is 1.21 bits per heavy atom. The molecule has 1 rings (SSSR count). The van der Waals surface area contributed by atoms with Gasteiger partial charge in [0.2, 0.25) is 0 Å². The summed E-state index contributed by atoms with van der Waals surface area (Å²) in [6.45, 7) is 2.07. The number of rotatable bonds is 4. The van der Waals surface area contributed by atoms with Crippen LogP contribution in [0.15, 0.2) is 0 Å². The first-order valence-corrected chi connectivity index (χ1v) is 5.95. The van der Waals surface area contributed by atoms with E-state index in [2.05, 4.69) is 6.92 Å². The van der Waals surface area contributed by atoms with Crippen molar-refractivity contribution in [3.63, 3.8) is 0 Å². The van der Waals surface area contributed by atoms with Crippen molar-refractivity contribution in [2.24, 2.45) is 0 Å². The number of Topliss-reactive ketones (excluding diaryl/α,β-unsaturated/α-hetero) is 1. The fourth-order valence-electron chi connectivity index (χ4n) is 2.16. The molecule has 0 aromatic heterocycles. The third kappa shape index (κ3) is 3.09. The molecule has 1 aliphatic rings. The summed E-state index contributed by atoms with van der Waals surface area (Å²) in [7, 11) is 0. The van der Waals surface area contributed by atoms with Gasteiger partial charge in [-0.25, -0.2) is 0 Å². The highest BCUT2D eigenvalue weighted by molar-refractivity contribution is 5.86. The molecule has 2 heteroatoms. The van der Waals surface area contributed by atoms with E-state index in [0.29, 0.717) is 19.3 Å². The second-order valence-electron chi connectivity index (χ2n) is 4.47. The summed E-state index contributed by atoms with van der Waals surface area (Å²) in [6.07, 6.45) is 8.25. The SMILES string of the molecule is CCCCC(=O)C1(O)CCCCCC1. The first-order chi connectivity index (χ1) is 6.69. The van der Waals surface area contributed by atoms with Crippen LogP contribution < -0.4 is 0 Å². The van der Waals surface area contributed by atoms with E-state index < -0.39 is 5.60 Å². The van der Waals surface area contributed by atoms with Crippen LogP contribution in [0.2, 0.25) is 0 Å². The van der Waals surface area contributed by atoms with E-state index in [1.165, 1.54) is 12.8 Å². The minimum atomic E-state index is -0.967. The summed E-state index contributed by atoms with van der Waals surface area (Å²) >= 11 is 0. The normalized spacial score (nSPS) is 21.6. The van der Waals surface area contributed by atoms with Gasteiger partial charge in [0.25, 0.3) is 0 Å². The molecular formula is C12H22O2. The average molecular weight is 198 g/mol. The quantitative estimate of drug-likeness (QED) is 0.705. The maximum Gasteiger partial charge on any atom is 0.164 e. The number of unbranched alkanes of at least 4 members (excludes halogenated alkanes) is 1. The Bertz CT molecular complexity index is 179. The number of hydrogen-bond acceptors (Lipinski definition) is 2. The monoisotopic (exact) mass is 198 g/mol. The minimum absolute atomic E-state index is 0.0845. The van der Waals surface area contributed by atoms with Crippen molar-refractivity contribution >= 4 is 5.78 Å². The lowest BCUT2D eigenvalue weighted by atomic mass is 9.87. The van der Waals surface area contributed by atoms with E-state index in [-0.39, 0.29) is 5.78 Å². The van der Waals surface area contributed by atoms with Crippen LogP contribution in [-0.2, 0) is 4.79 Å². The molecule has 0 atom stereocenters. The fraction of sp³-hybridized carbons (Fsp3) is 0.917. The Kier molecular flexibility index (Phi) is 4.59. The summed E-state index contributed by atoms with van der Waals surface area (Å²) in [6, 6.07) is 0. The van der Waals surface area contributed by atoms with E-state index in [4.69, 9.17) is 0 Å². The van der Waals surface area contributed by atoms with E-state index in [0.717, 1.165) is 25.7 Å². The van der Waals surface area contributed by atoms with Gasteiger partial charge in [0.05, 0.1) is 0 Å². The maximum absolute atomic E-state index is 11.8. The lowest BCUT2D eigenvalue weighted by molar-refractivity contribution is -0.138. The summed E-state index contributed by atoms with van der Waals surface area (Å²) in [5.74, 6) is 0.0845. The molecule has 1 fully saturated rings. The Balaban J connectivity index is 2.48. The number of hydrogen-bond donors (Lipinski definition) is 1. The number of aliphatic hydroxyl groups is 1. The zero-order valence-electron chi connectivity index (χ0n) is 9.22. The van der Waals surface area contributed by atoms with Gasteiger partial charge in [0.1, 0.15) is 5.60 Å². The van der Waals surface area contributed by atoms with Gasteiger partial charge in [-0.2, -0.15) is 0 Å². The van der Waals surface area contributed by atoms with Crippen LogP contribution in [0.5, 0.6) is 0 Å². The van der Waals surface area contributed by atoms with Crippen molar-refractivity contribution in [2.75, 3.05) is 0 Å². The van der Waals surface area contributed by atoms with Gasteiger partial charge >= 0.3 is 0 Å². The van der Waals surface area contributed by atoms with Gasteiger partial charge in [0, 0.05) is 6.42 Å². The van der Waals surface area contributed by atoms with Gasteiger partial charge < -0.3 is 5.11 Å². The van der Waals surface area contributed by atoms with Gasteiger partial charge in [-0.1, -0.05) is 39.0 Å². The van der Waals surface area contributed by atoms with E-state index >= 15 is 0 Å². The van der Waals surface area contributed by atoms with Crippen LogP contribution in [0.4, 0.5) is 0 Å². The van der Waals surface area contributed by atoms with Gasteiger partial charge in [-0.3, -0.25) is 4.79 Å². The predicted octanol–water partition coefficient (Wildman–Crippen LogP) is 2.83. The smallest absolute Gasteiger partial charge is 0.164 e. The third-order valence-electron chi connectivity index (χ3n) is 3.21. The third-order valence-corrected chi connectivity index (χ3v) is 3.21. The van der Waals surface area contributed by atoms with Crippen LogP contribution in [0.3, 0.4) is 0 Å². The molecule has 1 saturated carbocycles. The molecule has 14 heavy (non-hydrogen) atoms. The van der Waals surface area contributed by atoms with Gasteiger partial charge in [-0.05, 0) is 19.3 Å². The second-order valence-corrected chi connectivity index (χ2v) is 4.47. The van der Waals surface area contributed by atoms with Crippen LogP contribution >= 0.6 is 0 Å².